The van der Waals surface area contributed by atoms with E-state index in [9.17, 15) is 14.7 Å². The Morgan fingerprint density at radius 2 is 2.00 bits per heavy atom. The maximum Gasteiger partial charge on any atom is 0.384 e. The minimum Gasteiger partial charge on any atom is -0.555 e. The molecule has 7 nitrogen and oxygen atoms in total. The van der Waals surface area contributed by atoms with E-state index in [1.807, 2.05) is 26.0 Å². The van der Waals surface area contributed by atoms with Crippen molar-refractivity contribution in [1.29, 1.82) is 5.41 Å². The molecule has 0 saturated carbocycles. The second-order valence-corrected chi connectivity index (χ2v) is 6.47. The Morgan fingerprint density at radius 3 is 2.52 bits per heavy atom. The predicted octanol–water partition coefficient (Wildman–Crippen LogP) is 2.44. The molecule has 1 aromatic rings. The molecule has 0 saturated heterocycles. The Morgan fingerprint density at radius 1 is 1.33 bits per heavy atom. The molecule has 0 unspecified atom stereocenters. The molecule has 3 N–H and O–H groups in total. The van der Waals surface area contributed by atoms with Gasteiger partial charge in [-0.3, -0.25) is 10.2 Å². The first-order chi connectivity index (χ1) is 12.9. The van der Waals surface area contributed by atoms with Crippen LogP contribution >= 0.6 is 0 Å². The van der Waals surface area contributed by atoms with Crippen LogP contribution in [0.4, 0.5) is 0 Å². The topological polar surface area (TPSA) is 109 Å². The molecule has 1 amide bonds. The zero-order valence-electron chi connectivity index (χ0n) is 15.7. The monoisotopic (exact) mass is 373 g/mol. The summed E-state index contributed by atoms with van der Waals surface area (Å²) in [5.74, 6) is -1.47. The second kappa shape index (κ2) is 11.8. The van der Waals surface area contributed by atoms with Crippen LogP contribution in [0.25, 0.3) is 0 Å². The molecule has 0 heterocycles. The summed E-state index contributed by atoms with van der Waals surface area (Å²) in [6.07, 6.45) is 2.99. The van der Waals surface area contributed by atoms with Crippen LogP contribution in [0.5, 0.6) is 5.75 Å². The van der Waals surface area contributed by atoms with E-state index >= 15 is 0 Å². The van der Waals surface area contributed by atoms with Gasteiger partial charge in [-0.1, -0.05) is 38.6 Å². The average molecular weight is 373 g/mol. The molecule has 0 fully saturated rings. The van der Waals surface area contributed by atoms with Crippen molar-refractivity contribution >= 4 is 25.8 Å². The number of carbonyl (C=O) groups excluding carboxylic acids is 1. The molecule has 0 aliphatic carbocycles. The Labute approximate surface area is 160 Å². The number of carboxylic acids is 1. The number of benzene rings is 1. The first-order valence-electron chi connectivity index (χ1n) is 8.70. The summed E-state index contributed by atoms with van der Waals surface area (Å²) in [5.41, 5.74) is 0.849. The molecule has 27 heavy (non-hydrogen) atoms. The first-order valence-corrected chi connectivity index (χ1v) is 8.70. The van der Waals surface area contributed by atoms with Crippen molar-refractivity contribution in [3.8, 4) is 5.75 Å². The zero-order chi connectivity index (χ0) is 20.2. The van der Waals surface area contributed by atoms with Crippen LogP contribution in [0.15, 0.2) is 36.9 Å². The summed E-state index contributed by atoms with van der Waals surface area (Å²) in [4.78, 5) is 23.9. The first kappa shape index (κ1) is 22.3. The standard InChI is InChI=1S/C19H26BN2O5/c1-4-9-26-15-7-5-14(6-8-15)11-16(20-27-12-21)18(23)22-17(19(24)25)10-13(2)3/h4-8,12-13,16-17,21H,1,9-11H2,2-3H3,(H,22,23)(H,24,25)/t16-,17-/m0/s1. The minimum absolute atomic E-state index is 0.120. The van der Waals surface area contributed by atoms with Gasteiger partial charge in [0, 0.05) is 0 Å². The van der Waals surface area contributed by atoms with E-state index in [-0.39, 0.29) is 5.92 Å². The number of nitrogens with one attached hydrogen (secondary N) is 2. The van der Waals surface area contributed by atoms with E-state index in [0.717, 1.165) is 12.0 Å². The Kier molecular flexibility index (Phi) is 9.71. The van der Waals surface area contributed by atoms with E-state index in [2.05, 4.69) is 11.9 Å². The van der Waals surface area contributed by atoms with E-state index in [4.69, 9.17) is 14.8 Å². The normalized spacial score (nSPS) is 12.6. The van der Waals surface area contributed by atoms with Crippen LogP contribution in [-0.2, 0) is 20.7 Å². The van der Waals surface area contributed by atoms with Gasteiger partial charge in [-0.15, -0.1) is 0 Å². The second-order valence-electron chi connectivity index (χ2n) is 6.47. The van der Waals surface area contributed by atoms with Crippen LogP contribution < -0.4 is 10.1 Å². The van der Waals surface area contributed by atoms with Gasteiger partial charge in [0.2, 0.25) is 5.91 Å². The third-order valence-electron chi connectivity index (χ3n) is 3.72. The molecule has 0 aliphatic rings. The number of rotatable bonds is 13. The van der Waals surface area contributed by atoms with Crippen LogP contribution in [-0.4, -0.2) is 43.5 Å². The number of aliphatic carboxylic acids is 1. The summed E-state index contributed by atoms with van der Waals surface area (Å²) in [7, 11) is 1.23. The van der Waals surface area contributed by atoms with Crippen LogP contribution in [0.3, 0.4) is 0 Å². The largest absolute Gasteiger partial charge is 0.555 e. The summed E-state index contributed by atoms with van der Waals surface area (Å²) in [6, 6.07) is 6.23. The molecule has 0 spiro atoms. The number of amides is 1. The Hall–Kier alpha value is -2.77. The highest BCUT2D eigenvalue weighted by molar-refractivity contribution is 6.39. The highest BCUT2D eigenvalue weighted by Crippen LogP contribution is 2.18. The summed E-state index contributed by atoms with van der Waals surface area (Å²) in [6.45, 7) is 7.76. The van der Waals surface area contributed by atoms with Gasteiger partial charge in [-0.05, 0) is 36.5 Å². The molecule has 0 bridgehead atoms. The Bertz CT molecular complexity index is 633. The SMILES string of the molecule is C=CCOc1ccc(C[C@H]([B]OC=N)C(=O)N[C@@H](CC(C)C)C(=O)O)cc1. The van der Waals surface area contributed by atoms with Crippen molar-refractivity contribution in [2.24, 2.45) is 5.92 Å². The summed E-state index contributed by atoms with van der Waals surface area (Å²) in [5, 5.41) is 18.8. The minimum atomic E-state index is -1.08. The van der Waals surface area contributed by atoms with Crippen molar-refractivity contribution in [2.75, 3.05) is 6.61 Å². The van der Waals surface area contributed by atoms with Crippen LogP contribution in [0, 0.1) is 11.3 Å². The lowest BCUT2D eigenvalue weighted by molar-refractivity contribution is -0.142. The Balaban J connectivity index is 2.80. The van der Waals surface area contributed by atoms with Gasteiger partial charge in [-0.25, -0.2) is 4.79 Å². The van der Waals surface area contributed by atoms with Gasteiger partial charge in [0.15, 0.2) is 0 Å². The third-order valence-corrected chi connectivity index (χ3v) is 3.72. The molecule has 145 valence electrons. The van der Waals surface area contributed by atoms with E-state index in [1.54, 1.807) is 18.2 Å². The van der Waals surface area contributed by atoms with Crippen molar-refractivity contribution in [3.63, 3.8) is 0 Å². The molecule has 1 radical (unpaired) electrons. The fraction of sp³-hybridized carbons (Fsp3) is 0.421. The van der Waals surface area contributed by atoms with E-state index in [0.29, 0.717) is 25.2 Å². The van der Waals surface area contributed by atoms with Gasteiger partial charge in [0.1, 0.15) is 24.8 Å². The fourth-order valence-corrected chi connectivity index (χ4v) is 2.44. The number of hydrogen-bond donors (Lipinski definition) is 3. The van der Waals surface area contributed by atoms with Gasteiger partial charge < -0.3 is 19.8 Å². The van der Waals surface area contributed by atoms with Gasteiger partial charge >= 0.3 is 13.5 Å². The molecule has 1 rings (SSSR count). The number of carboxylic acid groups (broad SMARTS) is 1. The quantitative estimate of drug-likeness (QED) is 0.213. The fourth-order valence-electron chi connectivity index (χ4n) is 2.44. The summed E-state index contributed by atoms with van der Waals surface area (Å²) < 4.78 is 10.3. The maximum absolute atomic E-state index is 12.6. The van der Waals surface area contributed by atoms with Gasteiger partial charge in [-0.2, -0.15) is 0 Å². The number of carbonyl (C=O) groups is 2. The van der Waals surface area contributed by atoms with Gasteiger partial charge in [0.25, 0.3) is 0 Å². The van der Waals surface area contributed by atoms with Crippen molar-refractivity contribution in [2.45, 2.75) is 38.5 Å². The lowest BCUT2D eigenvalue weighted by Crippen LogP contribution is -2.44. The van der Waals surface area contributed by atoms with E-state index in [1.165, 1.54) is 7.48 Å². The maximum atomic E-state index is 12.6. The number of hydrogen-bond acceptors (Lipinski definition) is 5. The molecular weight excluding hydrogens is 347 g/mol. The van der Waals surface area contributed by atoms with Crippen molar-refractivity contribution in [1.82, 2.24) is 5.32 Å². The molecule has 1 aromatic carbocycles. The third kappa shape index (κ3) is 8.44. The summed E-state index contributed by atoms with van der Waals surface area (Å²) >= 11 is 0. The predicted molar refractivity (Wildman–Crippen MR) is 104 cm³/mol. The van der Waals surface area contributed by atoms with Crippen LogP contribution in [0.2, 0.25) is 5.82 Å². The van der Waals surface area contributed by atoms with Crippen molar-refractivity contribution in [3.05, 3.63) is 42.5 Å². The molecule has 0 aliphatic heterocycles. The molecular formula is C19H26BN2O5. The van der Waals surface area contributed by atoms with Crippen LogP contribution in [0.1, 0.15) is 25.8 Å². The lowest BCUT2D eigenvalue weighted by atomic mass is 9.75. The average Bonchev–Trinajstić information content (AvgIpc) is 2.63. The van der Waals surface area contributed by atoms with E-state index < -0.39 is 23.7 Å². The smallest absolute Gasteiger partial charge is 0.384 e. The van der Waals surface area contributed by atoms with Gasteiger partial charge in [0.05, 0.1) is 5.82 Å². The van der Waals surface area contributed by atoms with Crippen molar-refractivity contribution < 1.29 is 24.1 Å². The highest BCUT2D eigenvalue weighted by atomic mass is 16.5. The molecule has 0 aromatic heterocycles. The lowest BCUT2D eigenvalue weighted by Gasteiger charge is -2.20. The zero-order valence-corrected chi connectivity index (χ0v) is 15.7. The highest BCUT2D eigenvalue weighted by Gasteiger charge is 2.28. The molecule has 2 atom stereocenters. The number of ether oxygens (including phenoxy) is 1. The molecule has 8 heteroatoms.